The molecule has 0 unspecified atom stereocenters. The molecule has 0 aromatic heterocycles. The van der Waals surface area contributed by atoms with Gasteiger partial charge in [0.25, 0.3) is 20.2 Å². The van der Waals surface area contributed by atoms with Crippen LogP contribution < -0.4 is 69.3 Å². The molecule has 13 heteroatoms. The summed E-state index contributed by atoms with van der Waals surface area (Å²) in [5.41, 5.74) is 0. The predicted octanol–water partition coefficient (Wildman–Crippen LogP) is -7.13. The van der Waals surface area contributed by atoms with Gasteiger partial charge in [0.1, 0.15) is 0 Å². The fourth-order valence-electron chi connectivity index (χ4n) is 0.893. The first-order chi connectivity index (χ1) is 8.45. The Morgan fingerprint density at radius 1 is 1.05 bits per heavy atom. The Balaban J connectivity index is -0.000000596. The minimum absolute atomic E-state index is 0. The molecular weight excluding hydrogens is 348 g/mol. The van der Waals surface area contributed by atoms with Crippen LogP contribution in [0.3, 0.4) is 0 Å². The van der Waals surface area contributed by atoms with Gasteiger partial charge in [0, 0.05) is 6.92 Å². The van der Waals surface area contributed by atoms with E-state index in [0.717, 1.165) is 0 Å². The van der Waals surface area contributed by atoms with Gasteiger partial charge in [-0.25, -0.2) is 0 Å². The smallest absolute Gasteiger partial charge is 0.873 e. The van der Waals surface area contributed by atoms with Crippen LogP contribution in [0.25, 0.3) is 0 Å². The van der Waals surface area contributed by atoms with Gasteiger partial charge in [-0.3, -0.25) is 9.11 Å². The number of nitrogens with zero attached hydrogens (tertiary/aromatic N) is 1. The van der Waals surface area contributed by atoms with Crippen molar-refractivity contribution in [2.45, 2.75) is 16.7 Å². The number of benzene rings is 1. The zero-order valence-corrected chi connectivity index (χ0v) is 16.9. The van der Waals surface area contributed by atoms with Crippen LogP contribution in [-0.4, -0.2) is 25.9 Å². The zero-order chi connectivity index (χ0) is 15.4. The van der Waals surface area contributed by atoms with Crippen LogP contribution in [0.1, 0.15) is 6.92 Å². The topological polar surface area (TPSA) is 179 Å². The van der Waals surface area contributed by atoms with E-state index in [9.17, 15) is 27.0 Å². The molecule has 0 bridgehead atoms. The Kier molecular flexibility index (Phi) is 12.4. The van der Waals surface area contributed by atoms with Gasteiger partial charge < -0.3 is 10.2 Å². The molecule has 1 rings (SSSR count). The molecule has 0 atom stereocenters. The van der Waals surface area contributed by atoms with Crippen LogP contribution in [0.15, 0.2) is 21.9 Å². The molecule has 0 radical (unpaired) electrons. The minimum atomic E-state index is -5.03. The largest absolute Gasteiger partial charge is 1.00 e. The van der Waals surface area contributed by atoms with Gasteiger partial charge in [0.2, 0.25) is 0 Å². The summed E-state index contributed by atoms with van der Waals surface area (Å²) in [4.78, 5) is -2.47. The van der Waals surface area contributed by atoms with Gasteiger partial charge in [-0.05, 0) is 12.1 Å². The Labute approximate surface area is 165 Å². The van der Waals surface area contributed by atoms with Gasteiger partial charge >= 0.3 is 59.1 Å². The van der Waals surface area contributed by atoms with Crippen LogP contribution in [-0.2, 0) is 20.2 Å². The van der Waals surface area contributed by atoms with Crippen molar-refractivity contribution in [1.29, 1.82) is 5.26 Å². The van der Waals surface area contributed by atoms with Gasteiger partial charge in [0.05, 0.1) is 15.9 Å². The fourth-order valence-corrected chi connectivity index (χ4v) is 2.10. The maximum Gasteiger partial charge on any atom is 1.00 e. The van der Waals surface area contributed by atoms with Crippen molar-refractivity contribution in [2.75, 3.05) is 0 Å². The average Bonchev–Trinajstić information content (AvgIpc) is 2.19. The summed E-state index contributed by atoms with van der Waals surface area (Å²) < 4.78 is 59.6. The van der Waals surface area contributed by atoms with Gasteiger partial charge in [-0.1, -0.05) is 5.75 Å². The predicted molar refractivity (Wildman–Crippen MR) is 56.3 cm³/mol. The van der Waals surface area contributed by atoms with Gasteiger partial charge in [0.15, 0.2) is 0 Å². The summed E-state index contributed by atoms with van der Waals surface area (Å²) in [6, 6.07) is 2.21. The van der Waals surface area contributed by atoms with E-state index in [4.69, 9.17) is 14.4 Å². The summed E-state index contributed by atoms with van der Waals surface area (Å²) in [7, 11) is -9.87. The normalized spacial score (nSPS) is 10.0. The number of hydrogen-bond acceptors (Lipinski definition) is 7. The van der Waals surface area contributed by atoms with E-state index in [1.165, 1.54) is 6.92 Å². The molecule has 0 aliphatic rings. The first-order valence-electron chi connectivity index (χ1n) is 4.23. The maximum atomic E-state index is 11.0. The van der Waals surface area contributed by atoms with E-state index in [-0.39, 0.29) is 71.2 Å². The standard InChI is InChI=1S/C6H6O8S2.C2H3N.2Na/c7-4-1-3(15(9,10)11)2-5(6(4)8)16(12,13)14;1-2-3;;/h1-2,7-8H,(H,9,10,11)(H,12,13,14);1H3;;/q;;2*+1/p-2. The van der Waals surface area contributed by atoms with Crippen molar-refractivity contribution in [3.63, 3.8) is 0 Å². The van der Waals surface area contributed by atoms with Crippen LogP contribution in [0.2, 0.25) is 0 Å². The molecule has 21 heavy (non-hydrogen) atoms. The molecule has 0 heterocycles. The minimum Gasteiger partial charge on any atom is -0.873 e. The third kappa shape index (κ3) is 8.36. The Bertz CT molecular complexity index is 723. The van der Waals surface area contributed by atoms with Crippen molar-refractivity contribution in [2.24, 2.45) is 0 Å². The molecule has 0 saturated heterocycles. The van der Waals surface area contributed by atoms with E-state index >= 15 is 0 Å². The summed E-state index contributed by atoms with van der Waals surface area (Å²) in [6.07, 6.45) is 0. The van der Waals surface area contributed by atoms with Crippen molar-refractivity contribution in [3.8, 4) is 17.6 Å². The molecule has 106 valence electrons. The zero-order valence-electron chi connectivity index (χ0n) is 11.3. The number of nitriles is 1. The van der Waals surface area contributed by atoms with Crippen molar-refractivity contribution in [1.82, 2.24) is 0 Å². The monoisotopic (exact) mass is 355 g/mol. The molecule has 2 N–H and O–H groups in total. The summed E-state index contributed by atoms with van der Waals surface area (Å²) in [6.45, 7) is 1.43. The molecule has 1 aromatic carbocycles. The summed E-state index contributed by atoms with van der Waals surface area (Å²) in [5, 5.41) is 29.2. The number of hydrogen-bond donors (Lipinski definition) is 2. The number of rotatable bonds is 2. The van der Waals surface area contributed by atoms with E-state index in [1.54, 1.807) is 6.07 Å². The molecule has 9 nitrogen and oxygen atoms in total. The third-order valence-corrected chi connectivity index (χ3v) is 3.26. The first-order valence-corrected chi connectivity index (χ1v) is 7.11. The second kappa shape index (κ2) is 10.0. The molecule has 0 aliphatic heterocycles. The van der Waals surface area contributed by atoms with Crippen LogP contribution in [0.5, 0.6) is 11.5 Å². The van der Waals surface area contributed by atoms with Crippen molar-refractivity contribution >= 4 is 20.2 Å². The Morgan fingerprint density at radius 2 is 1.43 bits per heavy atom. The average molecular weight is 355 g/mol. The van der Waals surface area contributed by atoms with Crippen LogP contribution in [0.4, 0.5) is 0 Å². The summed E-state index contributed by atoms with van der Waals surface area (Å²) >= 11 is 0. The van der Waals surface area contributed by atoms with Crippen molar-refractivity contribution < 1.29 is 95.3 Å². The van der Waals surface area contributed by atoms with E-state index in [1.807, 2.05) is 0 Å². The second-order valence-corrected chi connectivity index (χ2v) is 5.73. The molecule has 0 amide bonds. The molecule has 0 aliphatic carbocycles. The van der Waals surface area contributed by atoms with E-state index in [0.29, 0.717) is 0 Å². The van der Waals surface area contributed by atoms with Gasteiger partial charge in [-0.2, -0.15) is 22.1 Å². The Morgan fingerprint density at radius 3 is 1.71 bits per heavy atom. The Hall–Kier alpha value is 0.130. The molecular formula is C8H7NNa2O8S2. The van der Waals surface area contributed by atoms with Crippen LogP contribution in [0, 0.1) is 11.3 Å². The van der Waals surface area contributed by atoms with Crippen molar-refractivity contribution in [3.05, 3.63) is 12.1 Å². The maximum absolute atomic E-state index is 11.0. The SMILES string of the molecule is CC#N.O=S(=O)(O)c1cc([O-])c([O-])c(S(=O)(=O)O)c1.[Na+].[Na+]. The quantitative estimate of drug-likeness (QED) is 0.385. The first kappa shape index (κ1) is 26.0. The fraction of sp³-hybridized carbons (Fsp3) is 0.125. The van der Waals surface area contributed by atoms with E-state index < -0.39 is 41.5 Å². The third-order valence-electron chi connectivity index (χ3n) is 1.57. The summed E-state index contributed by atoms with van der Waals surface area (Å²) in [5.74, 6) is -3.04. The molecule has 0 saturated carbocycles. The molecule has 0 fully saturated rings. The second-order valence-electron chi connectivity index (χ2n) is 2.92. The molecule has 1 aromatic rings. The van der Waals surface area contributed by atoms with Crippen LogP contribution >= 0.6 is 0 Å². The van der Waals surface area contributed by atoms with Gasteiger partial charge in [-0.15, -0.1) is 5.75 Å². The molecule has 0 spiro atoms. The van der Waals surface area contributed by atoms with E-state index in [2.05, 4.69) is 0 Å².